The molecule has 2 fully saturated rings. The van der Waals surface area contributed by atoms with Crippen molar-refractivity contribution in [3.63, 3.8) is 0 Å². The van der Waals surface area contributed by atoms with Crippen LogP contribution in [-0.4, -0.2) is 29.1 Å². The summed E-state index contributed by atoms with van der Waals surface area (Å²) in [7, 11) is 0. The Morgan fingerprint density at radius 2 is 1.96 bits per heavy atom. The summed E-state index contributed by atoms with van der Waals surface area (Å²) in [6.45, 7) is 3.76. The number of carbonyl (C=O) groups is 1. The van der Waals surface area contributed by atoms with Crippen molar-refractivity contribution in [1.29, 1.82) is 0 Å². The van der Waals surface area contributed by atoms with E-state index in [9.17, 15) is 9.90 Å². The molecular weight excluding hydrogens is 292 g/mol. The molecule has 2 aliphatic rings. The molecule has 4 nitrogen and oxygen atoms in total. The van der Waals surface area contributed by atoms with Crippen LogP contribution in [0.15, 0.2) is 30.3 Å². The molecule has 1 saturated carbocycles. The first-order chi connectivity index (χ1) is 10.9. The summed E-state index contributed by atoms with van der Waals surface area (Å²) in [5.41, 5.74) is 1.21. The standard InChI is InChI=1S/C19H26O4/c1-19(2)22-15(10-13-6-4-3-5-7-13)12-17(23-19)16(18(20)21)11-14-8-9-14/h3-7,14-17H,8-12H2,1-2H3,(H,20,21). The molecular formula is C19H26O4. The van der Waals surface area contributed by atoms with Gasteiger partial charge in [0.15, 0.2) is 5.79 Å². The van der Waals surface area contributed by atoms with Gasteiger partial charge in [-0.2, -0.15) is 0 Å². The average molecular weight is 318 g/mol. The Morgan fingerprint density at radius 3 is 2.57 bits per heavy atom. The molecule has 1 N–H and O–H groups in total. The predicted octanol–water partition coefficient (Wildman–Crippen LogP) is 3.64. The molecule has 3 unspecified atom stereocenters. The Kier molecular flexibility index (Phi) is 4.74. The lowest BCUT2D eigenvalue weighted by Crippen LogP contribution is -2.49. The number of rotatable bonds is 6. The van der Waals surface area contributed by atoms with Crippen LogP contribution in [-0.2, 0) is 20.7 Å². The molecule has 3 rings (SSSR count). The number of benzene rings is 1. The molecule has 0 amide bonds. The highest BCUT2D eigenvalue weighted by Gasteiger charge is 2.43. The van der Waals surface area contributed by atoms with Gasteiger partial charge in [0, 0.05) is 6.42 Å². The number of hydrogen-bond donors (Lipinski definition) is 1. The molecule has 126 valence electrons. The van der Waals surface area contributed by atoms with Gasteiger partial charge in [0.05, 0.1) is 18.1 Å². The monoisotopic (exact) mass is 318 g/mol. The SMILES string of the molecule is CC1(C)OC(Cc2ccccc2)CC(C(CC2CC2)C(=O)O)O1. The van der Waals surface area contributed by atoms with Crippen LogP contribution in [0.5, 0.6) is 0 Å². The van der Waals surface area contributed by atoms with E-state index >= 15 is 0 Å². The third kappa shape index (κ3) is 4.55. The molecule has 23 heavy (non-hydrogen) atoms. The Hall–Kier alpha value is -1.39. The summed E-state index contributed by atoms with van der Waals surface area (Å²) >= 11 is 0. The molecule has 0 bridgehead atoms. The van der Waals surface area contributed by atoms with Crippen molar-refractivity contribution in [3.8, 4) is 0 Å². The number of hydrogen-bond acceptors (Lipinski definition) is 3. The Balaban J connectivity index is 1.71. The highest BCUT2D eigenvalue weighted by atomic mass is 16.7. The Morgan fingerprint density at radius 1 is 1.26 bits per heavy atom. The van der Waals surface area contributed by atoms with Crippen LogP contribution in [0.25, 0.3) is 0 Å². The van der Waals surface area contributed by atoms with Gasteiger partial charge in [-0.05, 0) is 38.2 Å². The molecule has 1 aromatic carbocycles. The molecule has 1 aliphatic heterocycles. The Labute approximate surface area is 137 Å². The van der Waals surface area contributed by atoms with Crippen LogP contribution in [0.2, 0.25) is 0 Å². The second-order valence-electron chi connectivity index (χ2n) is 7.35. The second-order valence-corrected chi connectivity index (χ2v) is 7.35. The lowest BCUT2D eigenvalue weighted by Gasteiger charge is -2.42. The van der Waals surface area contributed by atoms with Crippen LogP contribution in [0, 0.1) is 11.8 Å². The van der Waals surface area contributed by atoms with Crippen molar-refractivity contribution in [2.75, 3.05) is 0 Å². The first-order valence-electron chi connectivity index (χ1n) is 8.55. The van der Waals surface area contributed by atoms with Crippen molar-refractivity contribution < 1.29 is 19.4 Å². The summed E-state index contributed by atoms with van der Waals surface area (Å²) in [6, 6.07) is 10.2. The molecule has 0 spiro atoms. The van der Waals surface area contributed by atoms with Crippen molar-refractivity contribution >= 4 is 5.97 Å². The van der Waals surface area contributed by atoms with Gasteiger partial charge in [0.25, 0.3) is 0 Å². The van der Waals surface area contributed by atoms with Gasteiger partial charge in [-0.1, -0.05) is 43.2 Å². The van der Waals surface area contributed by atoms with Crippen molar-refractivity contribution in [2.24, 2.45) is 11.8 Å². The maximum atomic E-state index is 11.7. The fourth-order valence-electron chi connectivity index (χ4n) is 3.52. The van der Waals surface area contributed by atoms with E-state index < -0.39 is 17.7 Å². The Bertz CT molecular complexity index is 536. The summed E-state index contributed by atoms with van der Waals surface area (Å²) in [5, 5.41) is 9.63. The minimum Gasteiger partial charge on any atom is -0.481 e. The van der Waals surface area contributed by atoms with E-state index in [4.69, 9.17) is 9.47 Å². The van der Waals surface area contributed by atoms with E-state index in [-0.39, 0.29) is 12.2 Å². The summed E-state index contributed by atoms with van der Waals surface area (Å²) < 4.78 is 12.0. The van der Waals surface area contributed by atoms with Crippen LogP contribution in [0.3, 0.4) is 0 Å². The molecule has 1 heterocycles. The molecule has 4 heteroatoms. The zero-order chi connectivity index (χ0) is 16.4. The summed E-state index contributed by atoms with van der Waals surface area (Å²) in [6.07, 6.45) is 4.20. The van der Waals surface area contributed by atoms with E-state index in [1.165, 1.54) is 5.56 Å². The molecule has 0 aromatic heterocycles. The zero-order valence-corrected chi connectivity index (χ0v) is 13.9. The third-order valence-corrected chi connectivity index (χ3v) is 4.74. The van der Waals surface area contributed by atoms with E-state index in [0.717, 1.165) is 25.7 Å². The van der Waals surface area contributed by atoms with Crippen LogP contribution in [0.1, 0.15) is 45.1 Å². The van der Waals surface area contributed by atoms with Gasteiger partial charge >= 0.3 is 5.97 Å². The van der Waals surface area contributed by atoms with Crippen LogP contribution in [0.4, 0.5) is 0 Å². The zero-order valence-electron chi connectivity index (χ0n) is 13.9. The molecule has 1 saturated heterocycles. The average Bonchev–Trinajstić information content (AvgIpc) is 3.27. The first-order valence-corrected chi connectivity index (χ1v) is 8.55. The minimum atomic E-state index is -0.738. The predicted molar refractivity (Wildman–Crippen MR) is 87.1 cm³/mol. The van der Waals surface area contributed by atoms with Gasteiger partial charge in [-0.25, -0.2) is 0 Å². The summed E-state index contributed by atoms with van der Waals surface area (Å²) in [4.78, 5) is 11.7. The van der Waals surface area contributed by atoms with Crippen molar-refractivity contribution in [1.82, 2.24) is 0 Å². The van der Waals surface area contributed by atoms with E-state index in [0.29, 0.717) is 12.3 Å². The van der Waals surface area contributed by atoms with E-state index in [1.807, 2.05) is 32.0 Å². The highest BCUT2D eigenvalue weighted by molar-refractivity contribution is 5.70. The van der Waals surface area contributed by atoms with Crippen molar-refractivity contribution in [3.05, 3.63) is 35.9 Å². The topological polar surface area (TPSA) is 55.8 Å². The lowest BCUT2D eigenvalue weighted by molar-refractivity contribution is -0.307. The lowest BCUT2D eigenvalue weighted by atomic mass is 9.89. The maximum absolute atomic E-state index is 11.7. The maximum Gasteiger partial charge on any atom is 0.309 e. The molecule has 1 aliphatic carbocycles. The smallest absolute Gasteiger partial charge is 0.309 e. The number of carboxylic acids is 1. The number of ether oxygens (including phenoxy) is 2. The van der Waals surface area contributed by atoms with Gasteiger partial charge in [0.1, 0.15) is 0 Å². The summed E-state index contributed by atoms with van der Waals surface area (Å²) in [5.74, 6) is -1.33. The number of carboxylic acid groups (broad SMARTS) is 1. The third-order valence-electron chi connectivity index (χ3n) is 4.74. The van der Waals surface area contributed by atoms with E-state index in [2.05, 4.69) is 12.1 Å². The largest absolute Gasteiger partial charge is 0.481 e. The number of aliphatic carboxylic acids is 1. The fraction of sp³-hybridized carbons (Fsp3) is 0.632. The van der Waals surface area contributed by atoms with Gasteiger partial charge < -0.3 is 14.6 Å². The molecule has 3 atom stereocenters. The first kappa shape index (κ1) is 16.5. The molecule has 1 aromatic rings. The quantitative estimate of drug-likeness (QED) is 0.870. The van der Waals surface area contributed by atoms with Crippen LogP contribution >= 0.6 is 0 Å². The molecule has 0 radical (unpaired) electrons. The highest BCUT2D eigenvalue weighted by Crippen LogP contribution is 2.40. The van der Waals surface area contributed by atoms with Crippen molar-refractivity contribution in [2.45, 2.75) is 63.9 Å². The van der Waals surface area contributed by atoms with Gasteiger partial charge in [0.2, 0.25) is 0 Å². The second kappa shape index (κ2) is 6.62. The van der Waals surface area contributed by atoms with Crippen LogP contribution < -0.4 is 0 Å². The minimum absolute atomic E-state index is 0.00722. The normalized spacial score (nSPS) is 28.3. The van der Waals surface area contributed by atoms with E-state index in [1.54, 1.807) is 0 Å². The van der Waals surface area contributed by atoms with Gasteiger partial charge in [-0.15, -0.1) is 0 Å². The van der Waals surface area contributed by atoms with Gasteiger partial charge in [-0.3, -0.25) is 4.79 Å². The fourth-order valence-corrected chi connectivity index (χ4v) is 3.52.